The molecular weight excluding hydrogens is 232 g/mol. The highest BCUT2D eigenvalue weighted by Gasteiger charge is 2.44. The molecule has 5 heteroatoms. The van der Waals surface area contributed by atoms with E-state index in [0.717, 1.165) is 18.7 Å². The molecule has 0 spiro atoms. The van der Waals surface area contributed by atoms with Crippen LogP contribution in [0, 0.1) is 5.41 Å². The van der Waals surface area contributed by atoms with Crippen LogP contribution in [0.15, 0.2) is 4.52 Å². The smallest absolute Gasteiger partial charge is 0.310 e. The second-order valence-corrected chi connectivity index (χ2v) is 5.54. The molecule has 1 heterocycles. The van der Waals surface area contributed by atoms with Gasteiger partial charge in [-0.15, -0.1) is 0 Å². The van der Waals surface area contributed by atoms with Gasteiger partial charge < -0.3 is 9.63 Å². The van der Waals surface area contributed by atoms with Crippen LogP contribution in [-0.4, -0.2) is 21.2 Å². The van der Waals surface area contributed by atoms with Gasteiger partial charge in [0, 0.05) is 11.8 Å². The Labute approximate surface area is 107 Å². The van der Waals surface area contributed by atoms with Crippen LogP contribution in [0.2, 0.25) is 0 Å². The highest BCUT2D eigenvalue weighted by molar-refractivity contribution is 5.74. The minimum atomic E-state index is -0.787. The lowest BCUT2D eigenvalue weighted by molar-refractivity contribution is -0.149. The van der Waals surface area contributed by atoms with Crippen LogP contribution in [0.25, 0.3) is 0 Å². The molecule has 0 saturated heterocycles. The Morgan fingerprint density at radius 1 is 1.44 bits per heavy atom. The molecule has 1 aliphatic carbocycles. The van der Waals surface area contributed by atoms with Gasteiger partial charge in [0.25, 0.3) is 0 Å². The normalized spacial score (nSPS) is 17.7. The van der Waals surface area contributed by atoms with Crippen LogP contribution in [0.5, 0.6) is 0 Å². The van der Waals surface area contributed by atoms with Gasteiger partial charge in [-0.3, -0.25) is 4.79 Å². The summed E-state index contributed by atoms with van der Waals surface area (Å²) in [5, 5.41) is 13.4. The monoisotopic (exact) mass is 252 g/mol. The predicted octanol–water partition coefficient (Wildman–Crippen LogP) is 2.55. The van der Waals surface area contributed by atoms with Crippen molar-refractivity contribution < 1.29 is 14.4 Å². The third-order valence-corrected chi connectivity index (χ3v) is 4.30. The summed E-state index contributed by atoms with van der Waals surface area (Å²) < 4.78 is 5.22. The van der Waals surface area contributed by atoms with Crippen LogP contribution in [0.1, 0.15) is 58.2 Å². The Morgan fingerprint density at radius 2 is 2.06 bits per heavy atom. The number of carboxylic acids is 1. The third kappa shape index (κ3) is 2.13. The van der Waals surface area contributed by atoms with E-state index in [9.17, 15) is 9.90 Å². The summed E-state index contributed by atoms with van der Waals surface area (Å²) in [7, 11) is 0. The summed E-state index contributed by atoms with van der Waals surface area (Å²) in [5.41, 5.74) is -0.722. The molecule has 0 unspecified atom stereocenters. The van der Waals surface area contributed by atoms with Gasteiger partial charge in [0.15, 0.2) is 5.82 Å². The minimum Gasteiger partial charge on any atom is -0.481 e. The van der Waals surface area contributed by atoms with E-state index < -0.39 is 11.4 Å². The second kappa shape index (κ2) is 4.37. The fourth-order valence-corrected chi connectivity index (χ4v) is 2.15. The largest absolute Gasteiger partial charge is 0.481 e. The van der Waals surface area contributed by atoms with Gasteiger partial charge in [0.1, 0.15) is 0 Å². The number of aliphatic carboxylic acids is 1. The van der Waals surface area contributed by atoms with Crippen molar-refractivity contribution in [2.45, 2.75) is 58.3 Å². The number of rotatable bonds is 6. The fraction of sp³-hybridized carbons (Fsp3) is 0.769. The topological polar surface area (TPSA) is 76.2 Å². The van der Waals surface area contributed by atoms with Crippen LogP contribution in [0.4, 0.5) is 0 Å². The van der Waals surface area contributed by atoms with E-state index >= 15 is 0 Å². The number of nitrogens with zero attached hydrogens (tertiary/aromatic N) is 2. The molecule has 0 aliphatic heterocycles. The van der Waals surface area contributed by atoms with Gasteiger partial charge in [0.05, 0.1) is 5.41 Å². The SMILES string of the molecule is CCC(CC)(Cc1nc(C2(C)CC2)no1)C(=O)O. The molecule has 1 aliphatic rings. The Kier molecular flexibility index (Phi) is 3.17. The fourth-order valence-electron chi connectivity index (χ4n) is 2.15. The number of carbonyl (C=O) groups is 1. The van der Waals surface area contributed by atoms with E-state index in [2.05, 4.69) is 17.1 Å². The second-order valence-electron chi connectivity index (χ2n) is 5.54. The van der Waals surface area contributed by atoms with Crippen LogP contribution in [-0.2, 0) is 16.6 Å². The Hall–Kier alpha value is -1.39. The van der Waals surface area contributed by atoms with Gasteiger partial charge in [-0.1, -0.05) is 25.9 Å². The first-order valence-electron chi connectivity index (χ1n) is 6.52. The molecule has 1 saturated carbocycles. The van der Waals surface area contributed by atoms with Crippen molar-refractivity contribution >= 4 is 5.97 Å². The van der Waals surface area contributed by atoms with Crippen molar-refractivity contribution in [1.29, 1.82) is 0 Å². The molecule has 0 aromatic carbocycles. The Morgan fingerprint density at radius 3 is 2.50 bits per heavy atom. The molecule has 1 aromatic heterocycles. The zero-order chi connectivity index (χ0) is 13.4. The maximum absolute atomic E-state index is 11.4. The number of carboxylic acid groups (broad SMARTS) is 1. The molecule has 2 rings (SSSR count). The maximum Gasteiger partial charge on any atom is 0.310 e. The van der Waals surface area contributed by atoms with Crippen LogP contribution < -0.4 is 0 Å². The van der Waals surface area contributed by atoms with E-state index in [1.165, 1.54) is 0 Å². The number of hydrogen-bond acceptors (Lipinski definition) is 4. The standard InChI is InChI=1S/C13H20N2O3/c1-4-13(5-2,11(16)17)8-9-14-10(15-18-9)12(3)6-7-12/h4-8H2,1-3H3,(H,16,17). The highest BCUT2D eigenvalue weighted by atomic mass is 16.5. The number of hydrogen-bond donors (Lipinski definition) is 1. The first-order valence-corrected chi connectivity index (χ1v) is 6.52. The molecule has 100 valence electrons. The number of aromatic nitrogens is 2. The van der Waals surface area contributed by atoms with Crippen molar-refractivity contribution in [1.82, 2.24) is 10.1 Å². The quantitative estimate of drug-likeness (QED) is 0.842. The molecule has 1 N–H and O–H groups in total. The lowest BCUT2D eigenvalue weighted by Gasteiger charge is -2.24. The van der Waals surface area contributed by atoms with Crippen LogP contribution in [0.3, 0.4) is 0 Å². The molecule has 0 radical (unpaired) electrons. The van der Waals surface area contributed by atoms with Gasteiger partial charge in [-0.05, 0) is 25.7 Å². The average Bonchev–Trinajstić information content (AvgIpc) is 2.93. The molecular formula is C13H20N2O3. The van der Waals surface area contributed by atoms with Gasteiger partial charge in [0.2, 0.25) is 5.89 Å². The molecule has 1 aromatic rings. The van der Waals surface area contributed by atoms with E-state index in [4.69, 9.17) is 4.52 Å². The summed E-state index contributed by atoms with van der Waals surface area (Å²) in [6.07, 6.45) is 3.61. The van der Waals surface area contributed by atoms with Crippen molar-refractivity contribution in [2.24, 2.45) is 5.41 Å². The van der Waals surface area contributed by atoms with Gasteiger partial charge >= 0.3 is 5.97 Å². The summed E-state index contributed by atoms with van der Waals surface area (Å²) >= 11 is 0. The lowest BCUT2D eigenvalue weighted by Crippen LogP contribution is -2.32. The van der Waals surface area contributed by atoms with Crippen molar-refractivity contribution in [3.63, 3.8) is 0 Å². The zero-order valence-electron chi connectivity index (χ0n) is 11.2. The minimum absolute atomic E-state index is 0.0616. The molecule has 0 atom stereocenters. The molecule has 0 bridgehead atoms. The first-order chi connectivity index (χ1) is 8.46. The summed E-state index contributed by atoms with van der Waals surface area (Å²) in [5.74, 6) is 0.387. The maximum atomic E-state index is 11.4. The highest BCUT2D eigenvalue weighted by Crippen LogP contribution is 2.46. The molecule has 5 nitrogen and oxygen atoms in total. The third-order valence-electron chi connectivity index (χ3n) is 4.30. The molecule has 1 fully saturated rings. The van der Waals surface area contributed by atoms with E-state index in [1.807, 2.05) is 13.8 Å². The summed E-state index contributed by atoms with van der Waals surface area (Å²) in [4.78, 5) is 15.8. The van der Waals surface area contributed by atoms with Gasteiger partial charge in [-0.25, -0.2) is 0 Å². The van der Waals surface area contributed by atoms with Gasteiger partial charge in [-0.2, -0.15) is 4.98 Å². The van der Waals surface area contributed by atoms with E-state index in [1.54, 1.807) is 0 Å². The van der Waals surface area contributed by atoms with Crippen molar-refractivity contribution in [3.8, 4) is 0 Å². The Bertz CT molecular complexity index is 445. The zero-order valence-corrected chi connectivity index (χ0v) is 11.2. The summed E-state index contributed by atoms with van der Waals surface area (Å²) in [6, 6.07) is 0. The van der Waals surface area contributed by atoms with Crippen molar-refractivity contribution in [3.05, 3.63) is 11.7 Å². The first kappa shape index (κ1) is 13.1. The Balaban J connectivity index is 2.17. The van der Waals surface area contributed by atoms with E-state index in [-0.39, 0.29) is 5.41 Å². The summed E-state index contributed by atoms with van der Waals surface area (Å²) in [6.45, 7) is 5.87. The predicted molar refractivity (Wildman–Crippen MR) is 65.2 cm³/mol. The van der Waals surface area contributed by atoms with Crippen LogP contribution >= 0.6 is 0 Å². The van der Waals surface area contributed by atoms with Crippen molar-refractivity contribution in [2.75, 3.05) is 0 Å². The lowest BCUT2D eigenvalue weighted by atomic mass is 9.79. The average molecular weight is 252 g/mol. The molecule has 18 heavy (non-hydrogen) atoms. The van der Waals surface area contributed by atoms with E-state index in [0.29, 0.717) is 25.2 Å². The molecule has 0 amide bonds.